The molecule has 0 spiro atoms. The summed E-state index contributed by atoms with van der Waals surface area (Å²) in [5, 5.41) is 17.0. The lowest BCUT2D eigenvalue weighted by Crippen LogP contribution is -2.47. The Balaban J connectivity index is 1.27. The second-order valence-corrected chi connectivity index (χ2v) is 11.8. The number of nitrogens with one attached hydrogen (secondary N) is 2. The number of fused-ring (bicyclic) bond motifs is 1. The lowest BCUT2D eigenvalue weighted by atomic mass is 9.94. The van der Waals surface area contributed by atoms with E-state index in [0.29, 0.717) is 49.3 Å². The first-order chi connectivity index (χ1) is 21.0. The molecule has 2 atom stereocenters. The first kappa shape index (κ1) is 30.6. The fourth-order valence-corrected chi connectivity index (χ4v) is 5.87. The van der Waals surface area contributed by atoms with E-state index in [0.717, 1.165) is 11.1 Å². The standard InChI is InChI=1S/C33H37N3O6S/c37-30(29(43-22-25-11-5-2-6-12-25)21-34-32(38)41-26-16-19-40-20-17-26)35-23-33(39,18-15-24-9-3-1-4-10-24)31-36-27-13-7-8-14-28(27)42-31/h1-14,26,29,39H,15-23H2,(H,34,38)(H,35,37). The molecule has 10 heteroatoms. The predicted molar refractivity (Wildman–Crippen MR) is 166 cm³/mol. The molecule has 1 saturated heterocycles. The van der Waals surface area contributed by atoms with Crippen molar-refractivity contribution in [2.24, 2.45) is 0 Å². The van der Waals surface area contributed by atoms with E-state index in [1.807, 2.05) is 78.9 Å². The maximum Gasteiger partial charge on any atom is 0.407 e. The third-order valence-electron chi connectivity index (χ3n) is 7.38. The number of rotatable bonds is 13. The fourth-order valence-electron chi connectivity index (χ4n) is 4.85. The van der Waals surface area contributed by atoms with Crippen LogP contribution >= 0.6 is 11.8 Å². The van der Waals surface area contributed by atoms with Crippen molar-refractivity contribution in [1.82, 2.24) is 15.6 Å². The van der Waals surface area contributed by atoms with Crippen molar-refractivity contribution in [3.8, 4) is 0 Å². The van der Waals surface area contributed by atoms with Crippen molar-refractivity contribution in [3.05, 3.63) is 102 Å². The maximum absolute atomic E-state index is 13.6. The van der Waals surface area contributed by atoms with Crippen LogP contribution in [0.5, 0.6) is 0 Å². The Hall–Kier alpha value is -3.86. The van der Waals surface area contributed by atoms with Crippen LogP contribution in [0.4, 0.5) is 4.79 Å². The molecule has 1 aliphatic heterocycles. The molecule has 2 heterocycles. The van der Waals surface area contributed by atoms with E-state index in [-0.39, 0.29) is 37.4 Å². The largest absolute Gasteiger partial charge is 0.446 e. The van der Waals surface area contributed by atoms with Gasteiger partial charge in [0, 0.05) is 25.1 Å². The maximum atomic E-state index is 13.6. The fraction of sp³-hybridized carbons (Fsp3) is 0.364. The van der Waals surface area contributed by atoms with Crippen LogP contribution in [0.15, 0.2) is 89.3 Å². The normalized spacial score (nSPS) is 15.8. The lowest BCUT2D eigenvalue weighted by Gasteiger charge is -2.27. The van der Waals surface area contributed by atoms with Gasteiger partial charge in [0.15, 0.2) is 11.2 Å². The molecule has 226 valence electrons. The number of para-hydroxylation sites is 2. The average Bonchev–Trinajstić information content (AvgIpc) is 3.50. The molecule has 9 nitrogen and oxygen atoms in total. The number of thioether (sulfide) groups is 1. The van der Waals surface area contributed by atoms with Gasteiger partial charge >= 0.3 is 6.09 Å². The summed E-state index contributed by atoms with van der Waals surface area (Å²) < 4.78 is 16.8. The SMILES string of the molecule is O=C(NCC(SCc1ccccc1)C(=O)NCC(O)(CCc1ccccc1)c1nc2ccccc2o1)OC1CCOCC1. The van der Waals surface area contributed by atoms with Crippen LogP contribution in [0.25, 0.3) is 11.1 Å². The number of hydrogen-bond donors (Lipinski definition) is 3. The zero-order valence-electron chi connectivity index (χ0n) is 23.9. The van der Waals surface area contributed by atoms with Crippen molar-refractivity contribution in [3.63, 3.8) is 0 Å². The number of alkyl carbamates (subject to hydrolysis) is 1. The molecule has 5 rings (SSSR count). The third kappa shape index (κ3) is 8.82. The Morgan fingerprint density at radius 3 is 2.35 bits per heavy atom. The van der Waals surface area contributed by atoms with E-state index in [4.69, 9.17) is 13.9 Å². The van der Waals surface area contributed by atoms with E-state index in [9.17, 15) is 14.7 Å². The van der Waals surface area contributed by atoms with Crippen LogP contribution in [0.3, 0.4) is 0 Å². The number of oxazole rings is 1. The molecule has 1 fully saturated rings. The van der Waals surface area contributed by atoms with Crippen LogP contribution < -0.4 is 10.6 Å². The summed E-state index contributed by atoms with van der Waals surface area (Å²) in [6.45, 7) is 1.07. The summed E-state index contributed by atoms with van der Waals surface area (Å²) in [7, 11) is 0. The zero-order valence-corrected chi connectivity index (χ0v) is 24.8. The third-order valence-corrected chi connectivity index (χ3v) is 8.66. The molecule has 3 aromatic carbocycles. The molecule has 2 amide bonds. The molecule has 4 aromatic rings. The van der Waals surface area contributed by atoms with Crippen molar-refractivity contribution >= 4 is 34.9 Å². The van der Waals surface area contributed by atoms with Crippen LogP contribution in [0.1, 0.15) is 36.3 Å². The minimum atomic E-state index is -1.56. The van der Waals surface area contributed by atoms with Crippen molar-refractivity contribution in [2.75, 3.05) is 26.3 Å². The van der Waals surface area contributed by atoms with Crippen LogP contribution in [0, 0.1) is 0 Å². The molecule has 2 unspecified atom stereocenters. The summed E-state index contributed by atoms with van der Waals surface area (Å²) >= 11 is 1.41. The highest BCUT2D eigenvalue weighted by Crippen LogP contribution is 2.29. The van der Waals surface area contributed by atoms with E-state index >= 15 is 0 Å². The quantitative estimate of drug-likeness (QED) is 0.196. The van der Waals surface area contributed by atoms with Crippen molar-refractivity contribution in [1.29, 1.82) is 0 Å². The minimum Gasteiger partial charge on any atom is -0.446 e. The van der Waals surface area contributed by atoms with Crippen LogP contribution in [-0.2, 0) is 32.0 Å². The molecule has 0 radical (unpaired) electrons. The topological polar surface area (TPSA) is 123 Å². The number of aliphatic hydroxyl groups is 1. The Bertz CT molecular complexity index is 1430. The number of amides is 2. The van der Waals surface area contributed by atoms with E-state index in [1.54, 1.807) is 6.07 Å². The molecule has 0 bridgehead atoms. The molecule has 1 aliphatic rings. The van der Waals surface area contributed by atoms with Gasteiger partial charge in [0.2, 0.25) is 11.8 Å². The van der Waals surface area contributed by atoms with Gasteiger partial charge in [0.05, 0.1) is 19.8 Å². The number of aromatic nitrogens is 1. The van der Waals surface area contributed by atoms with Crippen molar-refractivity contribution < 1.29 is 28.6 Å². The summed E-state index contributed by atoms with van der Waals surface area (Å²) in [6.07, 6.45) is 1.37. The number of benzene rings is 3. The predicted octanol–water partition coefficient (Wildman–Crippen LogP) is 4.97. The van der Waals surface area contributed by atoms with Gasteiger partial charge < -0.3 is 29.6 Å². The Morgan fingerprint density at radius 2 is 1.63 bits per heavy atom. The summed E-state index contributed by atoms with van der Waals surface area (Å²) in [5.41, 5.74) is 1.73. The van der Waals surface area contributed by atoms with Gasteiger partial charge in [-0.3, -0.25) is 4.79 Å². The molecule has 0 saturated carbocycles. The molecule has 1 aromatic heterocycles. The van der Waals surface area contributed by atoms with Gasteiger partial charge in [-0.2, -0.15) is 0 Å². The van der Waals surface area contributed by atoms with Gasteiger partial charge in [0.1, 0.15) is 16.9 Å². The number of carbonyl (C=O) groups is 2. The second kappa shape index (κ2) is 15.0. The summed E-state index contributed by atoms with van der Waals surface area (Å²) in [5.74, 6) is 0.400. The summed E-state index contributed by atoms with van der Waals surface area (Å²) in [4.78, 5) is 30.7. The first-order valence-corrected chi connectivity index (χ1v) is 15.6. The molecule has 0 aliphatic carbocycles. The van der Waals surface area contributed by atoms with E-state index in [2.05, 4.69) is 15.6 Å². The van der Waals surface area contributed by atoms with Gasteiger partial charge in [-0.25, -0.2) is 9.78 Å². The summed E-state index contributed by atoms with van der Waals surface area (Å²) in [6, 6.07) is 26.9. The average molecular weight is 604 g/mol. The number of hydrogen-bond acceptors (Lipinski definition) is 8. The number of aryl methyl sites for hydroxylation is 1. The van der Waals surface area contributed by atoms with Crippen LogP contribution in [0.2, 0.25) is 0 Å². The van der Waals surface area contributed by atoms with Gasteiger partial charge in [-0.1, -0.05) is 72.8 Å². The first-order valence-electron chi connectivity index (χ1n) is 14.6. The van der Waals surface area contributed by atoms with Crippen molar-refractivity contribution in [2.45, 2.75) is 48.4 Å². The molecule has 3 N–H and O–H groups in total. The second-order valence-electron chi connectivity index (χ2n) is 10.6. The Kier molecular flexibility index (Phi) is 10.7. The van der Waals surface area contributed by atoms with E-state index < -0.39 is 16.9 Å². The Morgan fingerprint density at radius 1 is 0.953 bits per heavy atom. The minimum absolute atomic E-state index is 0.0662. The van der Waals surface area contributed by atoms with Crippen LogP contribution in [-0.4, -0.2) is 59.7 Å². The van der Waals surface area contributed by atoms with E-state index in [1.165, 1.54) is 11.8 Å². The molecule has 43 heavy (non-hydrogen) atoms. The molecular weight excluding hydrogens is 566 g/mol. The highest BCUT2D eigenvalue weighted by Gasteiger charge is 2.36. The highest BCUT2D eigenvalue weighted by molar-refractivity contribution is 7.99. The van der Waals surface area contributed by atoms with Gasteiger partial charge in [-0.15, -0.1) is 11.8 Å². The lowest BCUT2D eigenvalue weighted by molar-refractivity contribution is -0.122. The van der Waals surface area contributed by atoms with Gasteiger partial charge in [-0.05, 0) is 36.1 Å². The zero-order chi connectivity index (χ0) is 29.9. The monoisotopic (exact) mass is 603 g/mol. The highest BCUT2D eigenvalue weighted by atomic mass is 32.2. The number of ether oxygens (including phenoxy) is 2. The number of carbonyl (C=O) groups excluding carboxylic acids is 2. The molecular formula is C33H37N3O6S. The van der Waals surface area contributed by atoms with Gasteiger partial charge in [0.25, 0.3) is 0 Å². The Labute approximate surface area is 255 Å². The smallest absolute Gasteiger partial charge is 0.407 e. The number of nitrogens with zero attached hydrogens (tertiary/aromatic N) is 1.